The van der Waals surface area contributed by atoms with Crippen LogP contribution in [0.4, 0.5) is 8.78 Å². The quantitative estimate of drug-likeness (QED) is 0.479. The minimum atomic E-state index is -2.42. The first-order valence-corrected chi connectivity index (χ1v) is 10.8. The minimum absolute atomic E-state index is 0.0957. The van der Waals surface area contributed by atoms with Crippen molar-refractivity contribution in [2.45, 2.75) is 118 Å². The second kappa shape index (κ2) is 6.20. The Kier molecular flexibility index (Phi) is 4.86. The van der Waals surface area contributed by atoms with Gasteiger partial charge in [-0.2, -0.15) is 0 Å². The van der Waals surface area contributed by atoms with E-state index in [1.165, 1.54) is 44.9 Å². The summed E-state index contributed by atoms with van der Waals surface area (Å²) >= 11 is 0. The van der Waals surface area contributed by atoms with Crippen LogP contribution in [-0.4, -0.2) is 5.92 Å². The molecule has 0 aromatic heterocycles. The van der Waals surface area contributed by atoms with Crippen LogP contribution in [0.1, 0.15) is 112 Å². The van der Waals surface area contributed by atoms with Crippen molar-refractivity contribution in [2.75, 3.05) is 0 Å². The summed E-state index contributed by atoms with van der Waals surface area (Å²) in [5, 5.41) is 0. The molecule has 0 N–H and O–H groups in total. The number of halogens is 2. The molecular formula is C23H40F2. The van der Waals surface area contributed by atoms with Gasteiger partial charge >= 0.3 is 0 Å². The van der Waals surface area contributed by atoms with Crippen LogP contribution in [0.25, 0.3) is 0 Å². The summed E-state index contributed by atoms with van der Waals surface area (Å²) in [6, 6.07) is 0. The molecule has 1 atom stereocenters. The monoisotopic (exact) mass is 354 g/mol. The third-order valence-electron chi connectivity index (χ3n) is 9.19. The van der Waals surface area contributed by atoms with Gasteiger partial charge < -0.3 is 0 Å². The van der Waals surface area contributed by atoms with Crippen LogP contribution in [0.15, 0.2) is 0 Å². The van der Waals surface area contributed by atoms with Gasteiger partial charge in [-0.3, -0.25) is 0 Å². The average Bonchev–Trinajstić information content (AvgIpc) is 3.28. The number of hydrogen-bond acceptors (Lipinski definition) is 0. The lowest BCUT2D eigenvalue weighted by Gasteiger charge is -2.51. The Balaban J connectivity index is 1.61. The van der Waals surface area contributed by atoms with Crippen LogP contribution in [0.2, 0.25) is 0 Å². The maximum Gasteiger partial charge on any atom is 0.248 e. The Hall–Kier alpha value is -0.140. The molecule has 1 unspecified atom stereocenters. The van der Waals surface area contributed by atoms with E-state index in [0.717, 1.165) is 11.8 Å². The van der Waals surface area contributed by atoms with E-state index < -0.39 is 5.92 Å². The van der Waals surface area contributed by atoms with Gasteiger partial charge in [0.2, 0.25) is 5.92 Å². The standard InChI is InChI=1S/C23H40F2/c1-18(20(5)8-10-21(11-9-20)12-13-21)6-7-22(19(2,3)4)14-16-23(24,25)17-15-22/h18H,6-17H2,1-5H3. The van der Waals surface area contributed by atoms with Gasteiger partial charge in [0.05, 0.1) is 0 Å². The molecule has 3 aliphatic rings. The van der Waals surface area contributed by atoms with E-state index in [2.05, 4.69) is 34.6 Å². The third kappa shape index (κ3) is 3.93. The molecular weight excluding hydrogens is 314 g/mol. The molecule has 146 valence electrons. The largest absolute Gasteiger partial charge is 0.248 e. The fourth-order valence-corrected chi connectivity index (χ4v) is 5.83. The molecule has 3 fully saturated rings. The Morgan fingerprint density at radius 3 is 1.72 bits per heavy atom. The van der Waals surface area contributed by atoms with Gasteiger partial charge in [-0.15, -0.1) is 0 Å². The van der Waals surface area contributed by atoms with E-state index in [1.807, 2.05) is 0 Å². The Bertz CT molecular complexity index is 461. The SMILES string of the molecule is CC(CCC1(C(C)(C)C)CCC(F)(F)CC1)C1(C)CCC2(CC2)CC1. The first-order valence-electron chi connectivity index (χ1n) is 10.8. The zero-order chi connectivity index (χ0) is 18.6. The minimum Gasteiger partial charge on any atom is -0.207 e. The van der Waals surface area contributed by atoms with Crippen molar-refractivity contribution in [1.82, 2.24) is 0 Å². The smallest absolute Gasteiger partial charge is 0.207 e. The molecule has 0 bridgehead atoms. The van der Waals surface area contributed by atoms with Crippen LogP contribution in [-0.2, 0) is 0 Å². The summed E-state index contributed by atoms with van der Waals surface area (Å²) in [4.78, 5) is 0. The van der Waals surface area contributed by atoms with Crippen LogP contribution in [0.3, 0.4) is 0 Å². The predicted octanol–water partition coefficient (Wildman–Crippen LogP) is 8.01. The Morgan fingerprint density at radius 1 is 0.800 bits per heavy atom. The van der Waals surface area contributed by atoms with Crippen molar-refractivity contribution in [1.29, 1.82) is 0 Å². The molecule has 0 aliphatic heterocycles. The first-order chi connectivity index (χ1) is 11.4. The highest BCUT2D eigenvalue weighted by Gasteiger charge is 2.51. The lowest BCUT2D eigenvalue weighted by molar-refractivity contribution is -0.101. The highest BCUT2D eigenvalue weighted by atomic mass is 19.3. The van der Waals surface area contributed by atoms with Crippen LogP contribution in [0.5, 0.6) is 0 Å². The summed E-state index contributed by atoms with van der Waals surface area (Å²) in [5.41, 5.74) is 1.45. The molecule has 0 saturated heterocycles. The van der Waals surface area contributed by atoms with E-state index in [4.69, 9.17) is 0 Å². The lowest BCUT2D eigenvalue weighted by atomic mass is 9.55. The van der Waals surface area contributed by atoms with Crippen molar-refractivity contribution < 1.29 is 8.78 Å². The van der Waals surface area contributed by atoms with E-state index in [0.29, 0.717) is 24.2 Å². The topological polar surface area (TPSA) is 0 Å². The highest BCUT2D eigenvalue weighted by molar-refractivity contribution is 5.01. The molecule has 3 saturated carbocycles. The molecule has 25 heavy (non-hydrogen) atoms. The Morgan fingerprint density at radius 2 is 1.28 bits per heavy atom. The van der Waals surface area contributed by atoms with Crippen LogP contribution >= 0.6 is 0 Å². The highest BCUT2D eigenvalue weighted by Crippen LogP contribution is 2.62. The molecule has 1 spiro atoms. The second-order valence-corrected chi connectivity index (χ2v) is 11.5. The number of alkyl halides is 2. The predicted molar refractivity (Wildman–Crippen MR) is 102 cm³/mol. The van der Waals surface area contributed by atoms with Crippen LogP contribution in [0, 0.1) is 27.6 Å². The van der Waals surface area contributed by atoms with E-state index in [9.17, 15) is 8.78 Å². The molecule has 3 aliphatic carbocycles. The maximum absolute atomic E-state index is 13.8. The first kappa shape index (κ1) is 19.6. The van der Waals surface area contributed by atoms with Gasteiger partial charge in [0, 0.05) is 12.8 Å². The molecule has 2 heteroatoms. The van der Waals surface area contributed by atoms with E-state index >= 15 is 0 Å². The van der Waals surface area contributed by atoms with Crippen molar-refractivity contribution in [3.8, 4) is 0 Å². The fourth-order valence-electron chi connectivity index (χ4n) is 5.83. The van der Waals surface area contributed by atoms with Crippen molar-refractivity contribution in [3.05, 3.63) is 0 Å². The van der Waals surface area contributed by atoms with Gasteiger partial charge in [-0.1, -0.05) is 34.6 Å². The van der Waals surface area contributed by atoms with Gasteiger partial charge in [-0.05, 0) is 91.8 Å². The van der Waals surface area contributed by atoms with Crippen molar-refractivity contribution in [2.24, 2.45) is 27.6 Å². The summed E-state index contributed by atoms with van der Waals surface area (Å²) in [6.07, 6.45) is 12.5. The van der Waals surface area contributed by atoms with E-state index in [1.54, 1.807) is 0 Å². The summed E-state index contributed by atoms with van der Waals surface area (Å²) in [6.45, 7) is 11.8. The van der Waals surface area contributed by atoms with E-state index in [-0.39, 0.29) is 23.7 Å². The van der Waals surface area contributed by atoms with Crippen LogP contribution < -0.4 is 0 Å². The molecule has 0 heterocycles. The van der Waals surface area contributed by atoms with Crippen molar-refractivity contribution >= 4 is 0 Å². The fraction of sp³-hybridized carbons (Fsp3) is 1.00. The summed E-state index contributed by atoms with van der Waals surface area (Å²) < 4.78 is 27.5. The number of hydrogen-bond donors (Lipinski definition) is 0. The zero-order valence-corrected chi connectivity index (χ0v) is 17.3. The molecule has 0 radical (unpaired) electrons. The summed E-state index contributed by atoms with van der Waals surface area (Å²) in [7, 11) is 0. The van der Waals surface area contributed by atoms with Gasteiger partial charge in [-0.25, -0.2) is 8.78 Å². The molecule has 3 rings (SSSR count). The third-order valence-corrected chi connectivity index (χ3v) is 9.19. The Labute approximate surface area is 154 Å². The lowest BCUT2D eigenvalue weighted by Crippen LogP contribution is -2.43. The maximum atomic E-state index is 13.8. The van der Waals surface area contributed by atoms with Gasteiger partial charge in [0.1, 0.15) is 0 Å². The van der Waals surface area contributed by atoms with Gasteiger partial charge in [0.15, 0.2) is 0 Å². The zero-order valence-electron chi connectivity index (χ0n) is 17.3. The number of rotatable bonds is 4. The summed E-state index contributed by atoms with van der Waals surface area (Å²) in [5.74, 6) is -1.71. The van der Waals surface area contributed by atoms with Gasteiger partial charge in [0.25, 0.3) is 0 Å². The molecule has 0 amide bonds. The van der Waals surface area contributed by atoms with Crippen molar-refractivity contribution in [3.63, 3.8) is 0 Å². The molecule has 0 aromatic rings. The molecule has 0 aromatic carbocycles. The second-order valence-electron chi connectivity index (χ2n) is 11.5. The molecule has 0 nitrogen and oxygen atoms in total. The normalized spacial score (nSPS) is 34.7. The average molecular weight is 355 g/mol.